The zero-order chi connectivity index (χ0) is 16.4. The third-order valence-corrected chi connectivity index (χ3v) is 3.80. The van der Waals surface area contributed by atoms with Crippen LogP contribution in [0.4, 0.5) is 5.69 Å². The molecule has 3 aromatic rings. The largest absolute Gasteiger partial charge is 0.331 e. The molecule has 3 rings (SSSR count). The maximum atomic E-state index is 12.7. The van der Waals surface area contributed by atoms with E-state index in [-0.39, 0.29) is 11.5 Å². The van der Waals surface area contributed by atoms with E-state index in [4.69, 9.17) is 12.2 Å². The van der Waals surface area contributed by atoms with Crippen LogP contribution in [0.5, 0.6) is 0 Å². The predicted octanol–water partition coefficient (Wildman–Crippen LogP) is 3.40. The van der Waals surface area contributed by atoms with Crippen molar-refractivity contribution in [2.75, 3.05) is 5.32 Å². The molecule has 1 amide bonds. The van der Waals surface area contributed by atoms with Crippen LogP contribution in [0.1, 0.15) is 13.3 Å². The first kappa shape index (κ1) is 15.2. The Bertz CT molecular complexity index is 1000. The van der Waals surface area contributed by atoms with E-state index >= 15 is 0 Å². The highest BCUT2D eigenvalue weighted by Gasteiger charge is 2.08. The number of amides is 1. The minimum atomic E-state index is -0.191. The normalized spacial score (nSPS) is 10.7. The van der Waals surface area contributed by atoms with E-state index in [9.17, 15) is 9.59 Å². The molecule has 0 unspecified atom stereocenters. The predicted molar refractivity (Wildman–Crippen MR) is 93.7 cm³/mol. The lowest BCUT2D eigenvalue weighted by Crippen LogP contribution is -2.20. The molecule has 23 heavy (non-hydrogen) atoms. The number of nitrogens with zero attached hydrogens (tertiary/aromatic N) is 1. The topological polar surface area (TPSA) is 66.9 Å². The average Bonchev–Trinajstić information content (AvgIpc) is 2.55. The molecule has 0 spiro atoms. The Hall–Kier alpha value is -2.73. The number of para-hydroxylation sites is 1. The van der Waals surface area contributed by atoms with E-state index in [0.717, 1.165) is 0 Å². The number of H-pyrrole nitrogens is 1. The molecule has 0 aliphatic rings. The quantitative estimate of drug-likeness (QED) is 0.725. The number of hydrogen-bond donors (Lipinski definition) is 2. The highest BCUT2D eigenvalue weighted by molar-refractivity contribution is 7.71. The third kappa shape index (κ3) is 2.93. The van der Waals surface area contributed by atoms with E-state index in [1.165, 1.54) is 4.57 Å². The average molecular weight is 325 g/mol. The van der Waals surface area contributed by atoms with Crippen LogP contribution >= 0.6 is 12.2 Å². The van der Waals surface area contributed by atoms with Gasteiger partial charge in [0, 0.05) is 12.1 Å². The van der Waals surface area contributed by atoms with Crippen molar-refractivity contribution in [2.24, 2.45) is 0 Å². The van der Waals surface area contributed by atoms with Crippen LogP contribution in [0.2, 0.25) is 0 Å². The maximum absolute atomic E-state index is 12.7. The van der Waals surface area contributed by atoms with Gasteiger partial charge >= 0.3 is 0 Å². The fourth-order valence-electron chi connectivity index (χ4n) is 2.37. The standard InChI is InChI=1S/C17H15N3O2S/c1-2-15(21)18-11-6-5-7-12(10-11)20-16(22)13-8-3-4-9-14(13)19-17(20)23/h3-10H,2H2,1H3,(H,18,21)(H,19,23). The number of aromatic amines is 1. The van der Waals surface area contributed by atoms with Crippen LogP contribution in [-0.4, -0.2) is 15.5 Å². The molecule has 0 aliphatic carbocycles. The molecule has 0 saturated carbocycles. The molecule has 0 atom stereocenters. The van der Waals surface area contributed by atoms with E-state index in [1.54, 1.807) is 37.3 Å². The van der Waals surface area contributed by atoms with Gasteiger partial charge < -0.3 is 10.3 Å². The van der Waals surface area contributed by atoms with Crippen molar-refractivity contribution in [3.63, 3.8) is 0 Å². The Morgan fingerprint density at radius 3 is 2.78 bits per heavy atom. The molecule has 5 nitrogen and oxygen atoms in total. The molecule has 2 aromatic carbocycles. The molecule has 0 fully saturated rings. The van der Waals surface area contributed by atoms with Gasteiger partial charge in [0.15, 0.2) is 4.77 Å². The van der Waals surface area contributed by atoms with E-state index in [1.807, 2.05) is 18.2 Å². The number of carbonyl (C=O) groups is 1. The molecule has 1 heterocycles. The number of fused-ring (bicyclic) bond motifs is 1. The zero-order valence-electron chi connectivity index (χ0n) is 12.5. The summed E-state index contributed by atoms with van der Waals surface area (Å²) in [6.07, 6.45) is 0.389. The second-order valence-corrected chi connectivity index (χ2v) is 5.46. The Morgan fingerprint density at radius 1 is 1.22 bits per heavy atom. The fourth-order valence-corrected chi connectivity index (χ4v) is 2.67. The van der Waals surface area contributed by atoms with Crippen LogP contribution in [0.25, 0.3) is 16.6 Å². The minimum Gasteiger partial charge on any atom is -0.331 e. The first-order valence-electron chi connectivity index (χ1n) is 7.24. The molecular formula is C17H15N3O2S. The van der Waals surface area contributed by atoms with Gasteiger partial charge in [-0.05, 0) is 42.5 Å². The Kier molecular flexibility index (Phi) is 4.08. The summed E-state index contributed by atoms with van der Waals surface area (Å²) in [7, 11) is 0. The van der Waals surface area contributed by atoms with Crippen LogP contribution in [-0.2, 0) is 4.79 Å². The number of benzene rings is 2. The van der Waals surface area contributed by atoms with Crippen molar-refractivity contribution in [3.8, 4) is 5.69 Å². The van der Waals surface area contributed by atoms with Crippen molar-refractivity contribution in [3.05, 3.63) is 63.7 Å². The summed E-state index contributed by atoms with van der Waals surface area (Å²) in [5.74, 6) is -0.0850. The molecule has 0 radical (unpaired) electrons. The monoisotopic (exact) mass is 325 g/mol. The number of rotatable bonds is 3. The van der Waals surface area contributed by atoms with Gasteiger partial charge in [0.2, 0.25) is 5.91 Å². The fraction of sp³-hybridized carbons (Fsp3) is 0.118. The lowest BCUT2D eigenvalue weighted by atomic mass is 10.2. The van der Waals surface area contributed by atoms with Gasteiger partial charge in [0.05, 0.1) is 16.6 Å². The summed E-state index contributed by atoms with van der Waals surface area (Å²) < 4.78 is 1.74. The summed E-state index contributed by atoms with van der Waals surface area (Å²) in [6, 6.07) is 14.3. The highest BCUT2D eigenvalue weighted by atomic mass is 32.1. The van der Waals surface area contributed by atoms with Gasteiger partial charge in [-0.3, -0.25) is 14.2 Å². The van der Waals surface area contributed by atoms with Crippen molar-refractivity contribution in [1.29, 1.82) is 0 Å². The lowest BCUT2D eigenvalue weighted by Gasteiger charge is -2.10. The van der Waals surface area contributed by atoms with Crippen LogP contribution in [0, 0.1) is 4.77 Å². The van der Waals surface area contributed by atoms with Crippen molar-refractivity contribution >= 4 is 34.7 Å². The number of hydrogen-bond acceptors (Lipinski definition) is 3. The molecule has 0 aliphatic heterocycles. The van der Waals surface area contributed by atoms with E-state index < -0.39 is 0 Å². The summed E-state index contributed by atoms with van der Waals surface area (Å²) in [5.41, 5.74) is 1.75. The summed E-state index contributed by atoms with van der Waals surface area (Å²) in [5, 5.41) is 3.34. The van der Waals surface area contributed by atoms with Crippen LogP contribution < -0.4 is 10.9 Å². The van der Waals surface area contributed by atoms with Gasteiger partial charge in [-0.1, -0.05) is 25.1 Å². The molecule has 6 heteroatoms. The molecule has 116 valence electrons. The molecular weight excluding hydrogens is 310 g/mol. The van der Waals surface area contributed by atoms with E-state index in [2.05, 4.69) is 10.3 Å². The van der Waals surface area contributed by atoms with Crippen LogP contribution in [0.15, 0.2) is 53.3 Å². The van der Waals surface area contributed by atoms with Crippen LogP contribution in [0.3, 0.4) is 0 Å². The maximum Gasteiger partial charge on any atom is 0.266 e. The zero-order valence-corrected chi connectivity index (χ0v) is 13.3. The van der Waals surface area contributed by atoms with Crippen molar-refractivity contribution in [1.82, 2.24) is 9.55 Å². The first-order chi connectivity index (χ1) is 11.1. The van der Waals surface area contributed by atoms with E-state index in [0.29, 0.717) is 33.5 Å². The number of carbonyl (C=O) groups excluding carboxylic acids is 1. The van der Waals surface area contributed by atoms with Gasteiger partial charge in [0.1, 0.15) is 0 Å². The molecule has 0 saturated heterocycles. The highest BCUT2D eigenvalue weighted by Crippen LogP contribution is 2.15. The Labute approximate surface area is 137 Å². The summed E-state index contributed by atoms with van der Waals surface area (Å²) in [4.78, 5) is 27.3. The molecule has 1 aromatic heterocycles. The molecule has 0 bridgehead atoms. The third-order valence-electron chi connectivity index (χ3n) is 3.51. The second kappa shape index (κ2) is 6.18. The SMILES string of the molecule is CCC(=O)Nc1cccc(-n2c(=S)[nH]c3ccccc3c2=O)c1. The first-order valence-corrected chi connectivity index (χ1v) is 7.65. The van der Waals surface area contributed by atoms with Gasteiger partial charge in [-0.25, -0.2) is 0 Å². The van der Waals surface area contributed by atoms with Gasteiger partial charge in [-0.15, -0.1) is 0 Å². The van der Waals surface area contributed by atoms with Gasteiger partial charge in [-0.2, -0.15) is 0 Å². The van der Waals surface area contributed by atoms with Gasteiger partial charge in [0.25, 0.3) is 5.56 Å². The lowest BCUT2D eigenvalue weighted by molar-refractivity contribution is -0.115. The number of anilines is 1. The summed E-state index contributed by atoms with van der Waals surface area (Å²) >= 11 is 5.32. The minimum absolute atomic E-state index is 0.0850. The second-order valence-electron chi connectivity index (χ2n) is 5.07. The summed E-state index contributed by atoms with van der Waals surface area (Å²) in [6.45, 7) is 1.78. The van der Waals surface area contributed by atoms with Crippen molar-refractivity contribution < 1.29 is 4.79 Å². The smallest absolute Gasteiger partial charge is 0.266 e. The Balaban J connectivity index is 2.17. The Morgan fingerprint density at radius 2 is 2.00 bits per heavy atom. The number of nitrogens with one attached hydrogen (secondary N) is 2. The molecule has 2 N–H and O–H groups in total. The number of aromatic nitrogens is 2. The van der Waals surface area contributed by atoms with Crippen molar-refractivity contribution in [2.45, 2.75) is 13.3 Å².